The predicted octanol–water partition coefficient (Wildman–Crippen LogP) is -0.829. The number of hydrogen-bond donors (Lipinski definition) is 1. The van der Waals surface area contributed by atoms with E-state index in [4.69, 9.17) is 5.73 Å². The van der Waals surface area contributed by atoms with Gasteiger partial charge in [-0.3, -0.25) is 4.79 Å². The third-order valence-corrected chi connectivity index (χ3v) is 4.92. The smallest absolute Gasteiger partial charge is 0.239 e. The molecule has 1 atom stereocenters. The normalized spacial score (nSPS) is 19.8. The average molecular weight is 295 g/mol. The Labute approximate surface area is 113 Å². The molecular formula is C10H21N3O3S2. The molecule has 8 heteroatoms. The van der Waals surface area contributed by atoms with Gasteiger partial charge in [0.1, 0.15) is 0 Å². The minimum atomic E-state index is -3.15. The minimum Gasteiger partial charge on any atom is -0.339 e. The van der Waals surface area contributed by atoms with E-state index in [1.165, 1.54) is 10.6 Å². The maximum Gasteiger partial charge on any atom is 0.239 e. The van der Waals surface area contributed by atoms with Crippen molar-refractivity contribution in [1.29, 1.82) is 0 Å². The van der Waals surface area contributed by atoms with Gasteiger partial charge in [0.15, 0.2) is 0 Å². The molecule has 6 nitrogen and oxygen atoms in total. The third-order valence-electron chi connectivity index (χ3n) is 2.97. The van der Waals surface area contributed by atoms with Gasteiger partial charge in [-0.2, -0.15) is 16.1 Å². The van der Waals surface area contributed by atoms with Crippen molar-refractivity contribution < 1.29 is 13.2 Å². The van der Waals surface area contributed by atoms with Crippen molar-refractivity contribution in [2.45, 2.75) is 12.5 Å². The second-order valence-corrected chi connectivity index (χ2v) is 7.34. The van der Waals surface area contributed by atoms with Crippen molar-refractivity contribution in [1.82, 2.24) is 9.21 Å². The molecule has 2 N–H and O–H groups in total. The first-order chi connectivity index (χ1) is 8.36. The zero-order chi connectivity index (χ0) is 13.8. The van der Waals surface area contributed by atoms with E-state index in [1.807, 2.05) is 6.26 Å². The van der Waals surface area contributed by atoms with Crippen molar-refractivity contribution in [3.05, 3.63) is 0 Å². The Kier molecular flexibility index (Phi) is 5.90. The van der Waals surface area contributed by atoms with Gasteiger partial charge in [0.25, 0.3) is 0 Å². The molecule has 1 aliphatic rings. The summed E-state index contributed by atoms with van der Waals surface area (Å²) in [5.41, 5.74) is 5.82. The number of nitrogens with two attached hydrogens (primary N) is 1. The summed E-state index contributed by atoms with van der Waals surface area (Å²) >= 11 is 1.66. The Bertz CT molecular complexity index is 378. The Balaban J connectivity index is 2.45. The highest BCUT2D eigenvalue weighted by Gasteiger charge is 2.28. The van der Waals surface area contributed by atoms with E-state index in [0.29, 0.717) is 32.6 Å². The van der Waals surface area contributed by atoms with Gasteiger partial charge in [-0.05, 0) is 18.4 Å². The lowest BCUT2D eigenvalue weighted by Crippen LogP contribution is -2.54. The fourth-order valence-corrected chi connectivity index (χ4v) is 3.16. The molecule has 0 unspecified atom stereocenters. The molecule has 0 aromatic carbocycles. The van der Waals surface area contributed by atoms with Gasteiger partial charge in [0.2, 0.25) is 15.9 Å². The molecule has 1 amide bonds. The molecule has 0 aliphatic carbocycles. The monoisotopic (exact) mass is 295 g/mol. The highest BCUT2D eigenvalue weighted by molar-refractivity contribution is 7.98. The minimum absolute atomic E-state index is 0.0720. The van der Waals surface area contributed by atoms with Gasteiger partial charge in [-0.1, -0.05) is 0 Å². The van der Waals surface area contributed by atoms with Crippen molar-refractivity contribution in [3.8, 4) is 0 Å². The Morgan fingerprint density at radius 2 is 1.89 bits per heavy atom. The van der Waals surface area contributed by atoms with Crippen LogP contribution in [0.4, 0.5) is 0 Å². The van der Waals surface area contributed by atoms with Gasteiger partial charge in [-0.25, -0.2) is 8.42 Å². The number of piperazine rings is 1. The van der Waals surface area contributed by atoms with E-state index in [2.05, 4.69) is 0 Å². The van der Waals surface area contributed by atoms with E-state index < -0.39 is 16.1 Å². The molecule has 1 aliphatic heterocycles. The molecule has 1 fully saturated rings. The van der Waals surface area contributed by atoms with E-state index >= 15 is 0 Å². The number of hydrogen-bond acceptors (Lipinski definition) is 5. The molecule has 1 heterocycles. The number of thioether (sulfide) groups is 1. The lowest BCUT2D eigenvalue weighted by Gasteiger charge is -2.34. The van der Waals surface area contributed by atoms with Crippen LogP contribution >= 0.6 is 11.8 Å². The van der Waals surface area contributed by atoms with Crippen LogP contribution in [0, 0.1) is 0 Å². The molecule has 18 heavy (non-hydrogen) atoms. The molecule has 0 bridgehead atoms. The Morgan fingerprint density at radius 1 is 1.33 bits per heavy atom. The van der Waals surface area contributed by atoms with Crippen molar-refractivity contribution in [3.63, 3.8) is 0 Å². The summed E-state index contributed by atoms with van der Waals surface area (Å²) in [7, 11) is -3.15. The molecule has 0 spiro atoms. The second-order valence-electron chi connectivity index (χ2n) is 4.38. The lowest BCUT2D eigenvalue weighted by molar-refractivity contribution is -0.133. The first-order valence-electron chi connectivity index (χ1n) is 5.84. The van der Waals surface area contributed by atoms with E-state index in [0.717, 1.165) is 5.75 Å². The number of carbonyl (C=O) groups excluding carboxylic acids is 1. The van der Waals surface area contributed by atoms with E-state index in [9.17, 15) is 13.2 Å². The molecule has 0 aromatic rings. The predicted molar refractivity (Wildman–Crippen MR) is 74.0 cm³/mol. The molecule has 0 saturated carbocycles. The van der Waals surface area contributed by atoms with Crippen molar-refractivity contribution >= 4 is 27.7 Å². The molecule has 106 valence electrons. The van der Waals surface area contributed by atoms with Crippen molar-refractivity contribution in [2.75, 3.05) is 44.4 Å². The summed E-state index contributed by atoms with van der Waals surface area (Å²) in [5.74, 6) is 0.785. The van der Waals surface area contributed by atoms with Crippen LogP contribution in [0.5, 0.6) is 0 Å². The quantitative estimate of drug-likeness (QED) is 0.716. The van der Waals surface area contributed by atoms with Gasteiger partial charge >= 0.3 is 0 Å². The summed E-state index contributed by atoms with van der Waals surface area (Å²) in [5, 5.41) is 0. The summed E-state index contributed by atoms with van der Waals surface area (Å²) in [4.78, 5) is 13.6. The molecule has 0 aromatic heterocycles. The second kappa shape index (κ2) is 6.74. The van der Waals surface area contributed by atoms with E-state index in [-0.39, 0.29) is 5.91 Å². The maximum absolute atomic E-state index is 12.0. The van der Waals surface area contributed by atoms with Crippen LogP contribution < -0.4 is 5.73 Å². The van der Waals surface area contributed by atoms with Gasteiger partial charge < -0.3 is 10.6 Å². The van der Waals surface area contributed by atoms with Crippen LogP contribution in [0.2, 0.25) is 0 Å². The van der Waals surface area contributed by atoms with Crippen LogP contribution in [-0.4, -0.2) is 74.0 Å². The average Bonchev–Trinajstić information content (AvgIpc) is 2.34. The zero-order valence-corrected chi connectivity index (χ0v) is 12.5. The van der Waals surface area contributed by atoms with Crippen LogP contribution in [0.3, 0.4) is 0 Å². The molecule has 1 rings (SSSR count). The van der Waals surface area contributed by atoms with Crippen LogP contribution in [-0.2, 0) is 14.8 Å². The lowest BCUT2D eigenvalue weighted by atomic mass is 10.2. The third kappa shape index (κ3) is 4.42. The number of amides is 1. The molecular weight excluding hydrogens is 274 g/mol. The maximum atomic E-state index is 12.0. The van der Waals surface area contributed by atoms with Gasteiger partial charge in [0, 0.05) is 26.2 Å². The summed E-state index contributed by atoms with van der Waals surface area (Å²) in [6.45, 7) is 1.58. The first-order valence-corrected chi connectivity index (χ1v) is 9.09. The molecule has 0 radical (unpaired) electrons. The number of carbonyl (C=O) groups is 1. The van der Waals surface area contributed by atoms with Crippen molar-refractivity contribution in [2.24, 2.45) is 5.73 Å². The Morgan fingerprint density at radius 3 is 2.33 bits per heavy atom. The number of nitrogens with zero attached hydrogens (tertiary/aromatic N) is 2. The van der Waals surface area contributed by atoms with Gasteiger partial charge in [0.05, 0.1) is 12.3 Å². The van der Waals surface area contributed by atoms with Crippen LogP contribution in [0.1, 0.15) is 6.42 Å². The SMILES string of the molecule is CSCC[C@@H](N)C(=O)N1CCN(S(C)(=O)=O)CC1. The highest BCUT2D eigenvalue weighted by atomic mass is 32.2. The largest absolute Gasteiger partial charge is 0.339 e. The van der Waals surface area contributed by atoms with Crippen LogP contribution in [0.15, 0.2) is 0 Å². The van der Waals surface area contributed by atoms with Crippen LogP contribution in [0.25, 0.3) is 0 Å². The number of sulfonamides is 1. The summed E-state index contributed by atoms with van der Waals surface area (Å²) in [6, 6.07) is -0.470. The zero-order valence-electron chi connectivity index (χ0n) is 10.8. The fraction of sp³-hybridized carbons (Fsp3) is 0.900. The Hall–Kier alpha value is -0.310. The highest BCUT2D eigenvalue weighted by Crippen LogP contribution is 2.09. The fourth-order valence-electron chi connectivity index (χ4n) is 1.84. The summed E-state index contributed by atoms with van der Waals surface area (Å²) < 4.78 is 24.1. The topological polar surface area (TPSA) is 83.7 Å². The van der Waals surface area contributed by atoms with Gasteiger partial charge in [-0.15, -0.1) is 0 Å². The first kappa shape index (κ1) is 15.7. The number of rotatable bonds is 5. The summed E-state index contributed by atoms with van der Waals surface area (Å²) in [6.07, 6.45) is 3.82. The molecule has 1 saturated heterocycles. The standard InChI is InChI=1S/C10H21N3O3S2/c1-17-8-3-9(11)10(14)12-4-6-13(7-5-12)18(2,15)16/h9H,3-8,11H2,1-2H3/t9-/m1/s1. The van der Waals surface area contributed by atoms with E-state index in [1.54, 1.807) is 16.7 Å².